The molecule has 0 atom stereocenters. The van der Waals surface area contributed by atoms with Crippen LogP contribution in [0.15, 0.2) is 18.2 Å². The number of halogens is 4. The van der Waals surface area contributed by atoms with Gasteiger partial charge in [0.1, 0.15) is 0 Å². The number of hydrogen-bond donors (Lipinski definition) is 1. The maximum atomic E-state index is 14.4. The minimum Gasteiger partial charge on any atom is -0.385 e. The Morgan fingerprint density at radius 3 is 2.45 bits per heavy atom. The third-order valence-corrected chi connectivity index (χ3v) is 6.81. The van der Waals surface area contributed by atoms with Crippen molar-refractivity contribution in [2.24, 2.45) is 5.92 Å². The molecule has 1 aliphatic carbocycles. The van der Waals surface area contributed by atoms with Crippen molar-refractivity contribution in [2.45, 2.75) is 57.2 Å². The first kappa shape index (κ1) is 25.7. The van der Waals surface area contributed by atoms with Crippen LogP contribution in [0.25, 0.3) is 0 Å². The van der Waals surface area contributed by atoms with Crippen LogP contribution >= 0.6 is 0 Å². The molecule has 0 aromatic heterocycles. The van der Waals surface area contributed by atoms with Crippen LogP contribution in [-0.4, -0.2) is 63.3 Å². The van der Waals surface area contributed by atoms with Gasteiger partial charge in [0.2, 0.25) is 5.91 Å². The van der Waals surface area contributed by atoms with E-state index in [1.165, 1.54) is 12.1 Å². The molecule has 0 unspecified atom stereocenters. The number of carbonyl (C=O) groups is 1. The zero-order valence-corrected chi connectivity index (χ0v) is 19.3. The molecule has 1 N–H and O–H groups in total. The average molecular weight is 474 g/mol. The van der Waals surface area contributed by atoms with Crippen LogP contribution in [0, 0.1) is 11.7 Å². The van der Waals surface area contributed by atoms with Gasteiger partial charge in [0, 0.05) is 52.4 Å². The molecule has 1 amide bonds. The third-order valence-electron chi connectivity index (χ3n) is 6.81. The lowest BCUT2D eigenvalue weighted by Gasteiger charge is -2.37. The van der Waals surface area contributed by atoms with Crippen LogP contribution in [0.2, 0.25) is 0 Å². The van der Waals surface area contributed by atoms with Crippen molar-refractivity contribution in [1.82, 2.24) is 10.2 Å². The smallest absolute Gasteiger partial charge is 0.385 e. The molecule has 0 bridgehead atoms. The predicted octanol–water partition coefficient (Wildman–Crippen LogP) is 4.46. The topological polar surface area (TPSA) is 44.8 Å². The zero-order valence-electron chi connectivity index (χ0n) is 19.3. The summed E-state index contributed by atoms with van der Waals surface area (Å²) in [6.45, 7) is 3.99. The molecule has 0 radical (unpaired) electrons. The van der Waals surface area contributed by atoms with E-state index in [4.69, 9.17) is 4.74 Å². The molecule has 33 heavy (non-hydrogen) atoms. The van der Waals surface area contributed by atoms with Crippen molar-refractivity contribution in [3.05, 3.63) is 29.6 Å². The van der Waals surface area contributed by atoms with Gasteiger partial charge in [-0.25, -0.2) is 4.39 Å². The van der Waals surface area contributed by atoms with Crippen molar-refractivity contribution in [1.29, 1.82) is 0 Å². The molecule has 1 aromatic carbocycles. The Hall–Kier alpha value is -1.87. The second kappa shape index (κ2) is 12.0. The fraction of sp³-hybridized carbons (Fsp3) is 0.708. The van der Waals surface area contributed by atoms with E-state index in [1.54, 1.807) is 12.0 Å². The molecule has 9 heteroatoms. The predicted molar refractivity (Wildman–Crippen MR) is 120 cm³/mol. The van der Waals surface area contributed by atoms with E-state index in [0.29, 0.717) is 45.1 Å². The number of anilines is 1. The Balaban J connectivity index is 1.36. The minimum absolute atomic E-state index is 0.0343. The average Bonchev–Trinajstić information content (AvgIpc) is 2.79. The normalized spacial score (nSPS) is 22.4. The fourth-order valence-electron chi connectivity index (χ4n) is 4.83. The number of nitrogens with zero attached hydrogens (tertiary/aromatic N) is 2. The van der Waals surface area contributed by atoms with Crippen LogP contribution in [0.5, 0.6) is 0 Å². The summed E-state index contributed by atoms with van der Waals surface area (Å²) in [5.41, 5.74) is -1.17. The molecule has 1 saturated heterocycles. The highest BCUT2D eigenvalue weighted by Gasteiger charge is 2.36. The van der Waals surface area contributed by atoms with Crippen LogP contribution in [-0.2, 0) is 15.7 Å². The second-order valence-electron chi connectivity index (χ2n) is 9.14. The van der Waals surface area contributed by atoms with Crippen molar-refractivity contribution in [3.63, 3.8) is 0 Å². The summed E-state index contributed by atoms with van der Waals surface area (Å²) in [6.07, 6.45) is 1.83. The maximum Gasteiger partial charge on any atom is 0.419 e. The summed E-state index contributed by atoms with van der Waals surface area (Å²) in [4.78, 5) is 16.0. The van der Waals surface area contributed by atoms with Gasteiger partial charge in [-0.2, -0.15) is 13.2 Å². The molecule has 1 aliphatic heterocycles. The molecule has 2 fully saturated rings. The van der Waals surface area contributed by atoms with Gasteiger partial charge in [0.05, 0.1) is 11.3 Å². The number of rotatable bonds is 9. The zero-order chi connectivity index (χ0) is 23.8. The van der Waals surface area contributed by atoms with Gasteiger partial charge in [0.15, 0.2) is 5.82 Å². The Bertz CT molecular complexity index is 759. The van der Waals surface area contributed by atoms with Gasteiger partial charge in [-0.3, -0.25) is 9.69 Å². The molecule has 1 heterocycles. The molecule has 1 aromatic rings. The SMILES string of the molecule is COCCCC(=O)NC1CCC(CCN2CCN(c3cccc(C(F)(F)F)c3F)CC2)CC1. The number of alkyl halides is 3. The summed E-state index contributed by atoms with van der Waals surface area (Å²) < 4.78 is 58.4. The van der Waals surface area contributed by atoms with E-state index in [-0.39, 0.29) is 17.6 Å². The highest BCUT2D eigenvalue weighted by Crippen LogP contribution is 2.35. The minimum atomic E-state index is -4.69. The highest BCUT2D eigenvalue weighted by molar-refractivity contribution is 5.76. The number of amides is 1. The van der Waals surface area contributed by atoms with Gasteiger partial charge in [-0.05, 0) is 63.1 Å². The molecule has 0 spiro atoms. The van der Waals surface area contributed by atoms with E-state index >= 15 is 0 Å². The first-order valence-electron chi connectivity index (χ1n) is 11.9. The van der Waals surface area contributed by atoms with Gasteiger partial charge < -0.3 is 15.0 Å². The van der Waals surface area contributed by atoms with Crippen molar-refractivity contribution >= 4 is 11.6 Å². The lowest BCUT2D eigenvalue weighted by Crippen LogP contribution is -2.47. The van der Waals surface area contributed by atoms with Crippen LogP contribution < -0.4 is 10.2 Å². The van der Waals surface area contributed by atoms with Gasteiger partial charge in [-0.1, -0.05) is 6.07 Å². The number of carbonyl (C=O) groups excluding carboxylic acids is 1. The summed E-state index contributed by atoms with van der Waals surface area (Å²) in [6, 6.07) is 3.75. The van der Waals surface area contributed by atoms with Crippen molar-refractivity contribution in [2.75, 3.05) is 51.3 Å². The summed E-state index contributed by atoms with van der Waals surface area (Å²) in [5.74, 6) is -0.447. The monoisotopic (exact) mass is 473 g/mol. The van der Waals surface area contributed by atoms with Gasteiger partial charge >= 0.3 is 6.18 Å². The highest BCUT2D eigenvalue weighted by atomic mass is 19.4. The Labute approximate surface area is 193 Å². The van der Waals surface area contributed by atoms with E-state index < -0.39 is 17.6 Å². The van der Waals surface area contributed by atoms with Crippen LogP contribution in [0.4, 0.5) is 23.2 Å². The van der Waals surface area contributed by atoms with Gasteiger partial charge in [0.25, 0.3) is 0 Å². The largest absolute Gasteiger partial charge is 0.419 e. The van der Waals surface area contributed by atoms with E-state index in [9.17, 15) is 22.4 Å². The molecule has 5 nitrogen and oxygen atoms in total. The quantitative estimate of drug-likeness (QED) is 0.425. The Kier molecular flexibility index (Phi) is 9.37. The number of piperazine rings is 1. The number of methoxy groups -OCH3 is 1. The number of benzene rings is 1. The molecular weight excluding hydrogens is 438 g/mol. The standard InChI is InChI=1S/C24H35F4N3O2/c1-33-17-3-6-22(32)29-19-9-7-18(8-10-19)11-12-30-13-15-31(16-14-30)21-5-2-4-20(23(21)25)24(26,27)28/h2,4-5,18-19H,3,6-17H2,1H3,(H,29,32). The molecular formula is C24H35F4N3O2. The van der Waals surface area contributed by atoms with Gasteiger partial charge in [-0.15, -0.1) is 0 Å². The summed E-state index contributed by atoms with van der Waals surface area (Å²) in [5, 5.41) is 3.13. The van der Waals surface area contributed by atoms with Crippen LogP contribution in [0.3, 0.4) is 0 Å². The summed E-state index contributed by atoms with van der Waals surface area (Å²) in [7, 11) is 1.63. The Morgan fingerprint density at radius 1 is 1.12 bits per heavy atom. The van der Waals surface area contributed by atoms with E-state index in [2.05, 4.69) is 10.2 Å². The number of hydrogen-bond acceptors (Lipinski definition) is 4. The lowest BCUT2D eigenvalue weighted by atomic mass is 9.84. The number of ether oxygens (including phenoxy) is 1. The molecule has 186 valence electrons. The van der Waals surface area contributed by atoms with Crippen molar-refractivity contribution in [3.8, 4) is 0 Å². The van der Waals surface area contributed by atoms with E-state index in [1.807, 2.05) is 0 Å². The molecule has 3 rings (SSSR count). The Morgan fingerprint density at radius 2 is 1.82 bits per heavy atom. The lowest BCUT2D eigenvalue weighted by molar-refractivity contribution is -0.139. The maximum absolute atomic E-state index is 14.4. The number of nitrogens with one attached hydrogen (secondary N) is 1. The van der Waals surface area contributed by atoms with Crippen molar-refractivity contribution < 1.29 is 27.1 Å². The van der Waals surface area contributed by atoms with Crippen LogP contribution in [0.1, 0.15) is 50.5 Å². The first-order chi connectivity index (χ1) is 15.8. The second-order valence-corrected chi connectivity index (χ2v) is 9.14. The van der Waals surface area contributed by atoms with E-state index in [0.717, 1.165) is 51.1 Å². The third kappa shape index (κ3) is 7.57. The molecule has 2 aliphatic rings. The fourth-order valence-corrected chi connectivity index (χ4v) is 4.83. The first-order valence-corrected chi connectivity index (χ1v) is 11.9. The summed E-state index contributed by atoms with van der Waals surface area (Å²) >= 11 is 0. The molecule has 1 saturated carbocycles.